The van der Waals surface area contributed by atoms with E-state index in [-0.39, 0.29) is 0 Å². The normalized spacial score (nSPS) is 10.6. The van der Waals surface area contributed by atoms with E-state index in [4.69, 9.17) is 5.26 Å². The molecule has 2 rings (SSSR count). The highest BCUT2D eigenvalue weighted by atomic mass is 14.8. The summed E-state index contributed by atoms with van der Waals surface area (Å²) in [5, 5.41) is 9.02. The van der Waals surface area contributed by atoms with E-state index in [2.05, 4.69) is 22.6 Å². The molecule has 0 saturated carbocycles. The van der Waals surface area contributed by atoms with Crippen LogP contribution in [0.4, 0.5) is 0 Å². The maximum atomic E-state index is 9.02. The van der Waals surface area contributed by atoms with Crippen LogP contribution >= 0.6 is 0 Å². The van der Waals surface area contributed by atoms with Gasteiger partial charge in [-0.15, -0.1) is 0 Å². The Hall–Kier alpha value is -2.47. The Kier molecular flexibility index (Phi) is 2.97. The number of benzene rings is 1. The Bertz CT molecular complexity index is 648. The molecule has 1 aromatic heterocycles. The zero-order chi connectivity index (χ0) is 12.3. The standard InChI is InChI=1S/C14H11N3/c1-3-5-11-14(9-15)17-13-8-10(4-2)6-7-12(13)16-11/h3-8H,2H2,1H3. The lowest BCUT2D eigenvalue weighted by atomic mass is 10.2. The van der Waals surface area contributed by atoms with Gasteiger partial charge in [0.25, 0.3) is 0 Å². The number of allylic oxidation sites excluding steroid dienone is 1. The minimum atomic E-state index is 0.344. The summed E-state index contributed by atoms with van der Waals surface area (Å²) in [6, 6.07) is 7.74. The molecule has 82 valence electrons. The zero-order valence-electron chi connectivity index (χ0n) is 9.51. The molecule has 0 bridgehead atoms. The van der Waals surface area contributed by atoms with Crippen molar-refractivity contribution >= 4 is 23.2 Å². The molecule has 0 spiro atoms. The second kappa shape index (κ2) is 4.58. The Morgan fingerprint density at radius 1 is 1.29 bits per heavy atom. The molecule has 0 amide bonds. The summed E-state index contributed by atoms with van der Waals surface area (Å²) < 4.78 is 0. The number of fused-ring (bicyclic) bond motifs is 1. The summed E-state index contributed by atoms with van der Waals surface area (Å²) in [6.07, 6.45) is 5.37. The molecule has 0 N–H and O–H groups in total. The molecule has 0 atom stereocenters. The topological polar surface area (TPSA) is 49.6 Å². The number of nitriles is 1. The third-order valence-corrected chi connectivity index (χ3v) is 2.38. The molecule has 0 aliphatic carbocycles. The van der Waals surface area contributed by atoms with Crippen molar-refractivity contribution in [2.45, 2.75) is 6.92 Å². The average Bonchev–Trinajstić information content (AvgIpc) is 2.37. The van der Waals surface area contributed by atoms with Crippen molar-refractivity contribution in [2.24, 2.45) is 0 Å². The third-order valence-electron chi connectivity index (χ3n) is 2.38. The van der Waals surface area contributed by atoms with Crippen LogP contribution in [0.25, 0.3) is 23.2 Å². The number of rotatable bonds is 2. The maximum absolute atomic E-state index is 9.02. The van der Waals surface area contributed by atoms with Gasteiger partial charge >= 0.3 is 0 Å². The van der Waals surface area contributed by atoms with Crippen molar-refractivity contribution in [3.05, 3.63) is 47.8 Å². The van der Waals surface area contributed by atoms with Gasteiger partial charge < -0.3 is 0 Å². The summed E-state index contributed by atoms with van der Waals surface area (Å²) in [5.74, 6) is 0. The first kappa shape index (κ1) is 11.0. The first-order valence-corrected chi connectivity index (χ1v) is 5.25. The molecule has 0 unspecified atom stereocenters. The highest BCUT2D eigenvalue weighted by molar-refractivity contribution is 5.79. The van der Waals surface area contributed by atoms with Gasteiger partial charge in [-0.1, -0.05) is 24.8 Å². The first-order chi connectivity index (χ1) is 8.28. The Balaban J connectivity index is 2.74. The smallest absolute Gasteiger partial charge is 0.166 e. The van der Waals surface area contributed by atoms with E-state index in [1.807, 2.05) is 31.2 Å². The number of aromatic nitrogens is 2. The van der Waals surface area contributed by atoms with Gasteiger partial charge in [0.05, 0.1) is 16.7 Å². The van der Waals surface area contributed by atoms with E-state index in [0.717, 1.165) is 11.1 Å². The molecule has 0 aliphatic heterocycles. The molecule has 2 aromatic rings. The van der Waals surface area contributed by atoms with Crippen LogP contribution in [-0.2, 0) is 0 Å². The fourth-order valence-electron chi connectivity index (χ4n) is 1.57. The Labute approximate surface area is 99.8 Å². The Morgan fingerprint density at radius 3 is 2.76 bits per heavy atom. The molecule has 17 heavy (non-hydrogen) atoms. The van der Waals surface area contributed by atoms with E-state index in [1.54, 1.807) is 12.2 Å². The van der Waals surface area contributed by atoms with Crippen molar-refractivity contribution in [3.8, 4) is 6.07 Å². The van der Waals surface area contributed by atoms with Gasteiger partial charge in [0.15, 0.2) is 5.69 Å². The molecule has 0 radical (unpaired) electrons. The summed E-state index contributed by atoms with van der Waals surface area (Å²) in [5.41, 5.74) is 3.41. The number of nitrogens with zero attached hydrogens (tertiary/aromatic N) is 3. The number of hydrogen-bond acceptors (Lipinski definition) is 3. The summed E-state index contributed by atoms with van der Waals surface area (Å²) in [7, 11) is 0. The van der Waals surface area contributed by atoms with Gasteiger partial charge in [-0.25, -0.2) is 9.97 Å². The van der Waals surface area contributed by atoms with Crippen LogP contribution in [0.5, 0.6) is 0 Å². The lowest BCUT2D eigenvalue weighted by Gasteiger charge is -2.02. The molecular formula is C14H11N3. The average molecular weight is 221 g/mol. The molecule has 1 heterocycles. The monoisotopic (exact) mass is 221 g/mol. The van der Waals surface area contributed by atoms with Crippen LogP contribution in [0.15, 0.2) is 30.9 Å². The van der Waals surface area contributed by atoms with Crippen LogP contribution < -0.4 is 0 Å². The second-order valence-corrected chi connectivity index (χ2v) is 3.52. The SMILES string of the molecule is C=Cc1ccc2nc(C=CC)c(C#N)nc2c1. The van der Waals surface area contributed by atoms with Gasteiger partial charge in [-0.2, -0.15) is 5.26 Å². The fraction of sp³-hybridized carbons (Fsp3) is 0.0714. The molecule has 0 fully saturated rings. The van der Waals surface area contributed by atoms with Gasteiger partial charge in [-0.3, -0.25) is 0 Å². The number of hydrogen-bond donors (Lipinski definition) is 0. The van der Waals surface area contributed by atoms with Crippen LogP contribution in [0.2, 0.25) is 0 Å². The van der Waals surface area contributed by atoms with E-state index in [1.165, 1.54) is 0 Å². The Morgan fingerprint density at radius 2 is 2.12 bits per heavy atom. The summed E-state index contributed by atoms with van der Waals surface area (Å²) in [4.78, 5) is 8.70. The summed E-state index contributed by atoms with van der Waals surface area (Å²) >= 11 is 0. The quantitative estimate of drug-likeness (QED) is 0.782. The van der Waals surface area contributed by atoms with Gasteiger partial charge in [0.1, 0.15) is 6.07 Å². The van der Waals surface area contributed by atoms with Crippen molar-refractivity contribution in [1.82, 2.24) is 9.97 Å². The zero-order valence-corrected chi connectivity index (χ0v) is 9.51. The minimum absolute atomic E-state index is 0.344. The molecule has 0 aliphatic rings. The predicted molar refractivity (Wildman–Crippen MR) is 69.1 cm³/mol. The van der Waals surface area contributed by atoms with Crippen molar-refractivity contribution in [2.75, 3.05) is 0 Å². The minimum Gasteiger partial charge on any atom is -0.244 e. The molecular weight excluding hydrogens is 210 g/mol. The van der Waals surface area contributed by atoms with E-state index >= 15 is 0 Å². The molecule has 3 nitrogen and oxygen atoms in total. The second-order valence-electron chi connectivity index (χ2n) is 3.52. The predicted octanol–water partition coefficient (Wildman–Crippen LogP) is 3.18. The van der Waals surface area contributed by atoms with E-state index in [0.29, 0.717) is 16.9 Å². The largest absolute Gasteiger partial charge is 0.244 e. The third kappa shape index (κ3) is 2.06. The van der Waals surface area contributed by atoms with Gasteiger partial charge in [0.2, 0.25) is 0 Å². The highest BCUT2D eigenvalue weighted by Gasteiger charge is 2.05. The molecule has 0 saturated heterocycles. The van der Waals surface area contributed by atoms with Gasteiger partial charge in [-0.05, 0) is 30.7 Å². The van der Waals surface area contributed by atoms with Crippen LogP contribution in [-0.4, -0.2) is 9.97 Å². The van der Waals surface area contributed by atoms with Gasteiger partial charge in [0, 0.05) is 0 Å². The van der Waals surface area contributed by atoms with Crippen molar-refractivity contribution < 1.29 is 0 Å². The maximum Gasteiger partial charge on any atom is 0.166 e. The van der Waals surface area contributed by atoms with Crippen LogP contribution in [0.1, 0.15) is 23.9 Å². The first-order valence-electron chi connectivity index (χ1n) is 5.25. The molecule has 3 heteroatoms. The highest BCUT2D eigenvalue weighted by Crippen LogP contribution is 2.16. The van der Waals surface area contributed by atoms with Crippen molar-refractivity contribution in [1.29, 1.82) is 5.26 Å². The van der Waals surface area contributed by atoms with Crippen LogP contribution in [0, 0.1) is 11.3 Å². The van der Waals surface area contributed by atoms with Crippen LogP contribution in [0.3, 0.4) is 0 Å². The lowest BCUT2D eigenvalue weighted by molar-refractivity contribution is 1.22. The fourth-order valence-corrected chi connectivity index (χ4v) is 1.57. The van der Waals surface area contributed by atoms with Crippen molar-refractivity contribution in [3.63, 3.8) is 0 Å². The molecule has 1 aromatic carbocycles. The van der Waals surface area contributed by atoms with E-state index < -0.39 is 0 Å². The lowest BCUT2D eigenvalue weighted by Crippen LogP contribution is -1.94. The summed E-state index contributed by atoms with van der Waals surface area (Å²) in [6.45, 7) is 5.59. The van der Waals surface area contributed by atoms with E-state index in [9.17, 15) is 0 Å².